The Bertz CT molecular complexity index is 880. The summed E-state index contributed by atoms with van der Waals surface area (Å²) in [4.78, 5) is 12.2. The number of rotatable bonds is 10. The van der Waals surface area contributed by atoms with E-state index in [1.54, 1.807) is 7.11 Å². The molecule has 2 aromatic rings. The van der Waals surface area contributed by atoms with Crippen LogP contribution in [0.5, 0.6) is 5.75 Å². The van der Waals surface area contributed by atoms with Crippen molar-refractivity contribution in [2.75, 3.05) is 26.5 Å². The Morgan fingerprint density at radius 1 is 1.11 bits per heavy atom. The first-order chi connectivity index (χ1) is 13.3. The topological polar surface area (TPSA) is 75.7 Å². The van der Waals surface area contributed by atoms with Gasteiger partial charge in [0.05, 0.1) is 19.9 Å². The average Bonchev–Trinajstić information content (AvgIpc) is 2.66. The number of hydrogen-bond donors (Lipinski definition) is 1. The molecule has 6 nitrogen and oxygen atoms in total. The summed E-state index contributed by atoms with van der Waals surface area (Å²) in [6.07, 6.45) is 2.63. The van der Waals surface area contributed by atoms with Crippen LogP contribution in [-0.4, -0.2) is 45.1 Å². The van der Waals surface area contributed by atoms with Crippen LogP contribution < -0.4 is 10.1 Å². The number of benzene rings is 2. The first-order valence-electron chi connectivity index (χ1n) is 9.19. The predicted molar refractivity (Wildman–Crippen MR) is 111 cm³/mol. The van der Waals surface area contributed by atoms with Crippen LogP contribution in [0.1, 0.15) is 23.1 Å². The van der Waals surface area contributed by atoms with Crippen LogP contribution in [0.4, 0.5) is 0 Å². The summed E-state index contributed by atoms with van der Waals surface area (Å²) in [6.45, 7) is 2.42. The molecule has 0 aliphatic carbocycles. The summed E-state index contributed by atoms with van der Waals surface area (Å²) in [7, 11) is -1.86. The fourth-order valence-electron chi connectivity index (χ4n) is 2.82. The average molecular weight is 405 g/mol. The molecule has 0 atom stereocenters. The minimum Gasteiger partial charge on any atom is -0.496 e. The molecule has 0 spiro atoms. The summed E-state index contributed by atoms with van der Waals surface area (Å²) >= 11 is 0. The normalized spacial score (nSPS) is 11.4. The van der Waals surface area contributed by atoms with Gasteiger partial charge < -0.3 is 10.1 Å². The van der Waals surface area contributed by atoms with Crippen molar-refractivity contribution in [2.24, 2.45) is 0 Å². The van der Waals surface area contributed by atoms with Crippen LogP contribution in [0.25, 0.3) is 0 Å². The zero-order chi connectivity index (χ0) is 20.6. The number of amides is 1. The van der Waals surface area contributed by atoms with Crippen molar-refractivity contribution in [1.82, 2.24) is 9.62 Å². The molecule has 0 heterocycles. The van der Waals surface area contributed by atoms with Crippen molar-refractivity contribution < 1.29 is 17.9 Å². The van der Waals surface area contributed by atoms with E-state index in [0.29, 0.717) is 6.54 Å². The van der Waals surface area contributed by atoms with E-state index in [0.717, 1.165) is 41.5 Å². The Hall–Kier alpha value is -2.38. The Morgan fingerprint density at radius 2 is 1.79 bits per heavy atom. The number of nitrogens with one attached hydrogen (secondary N) is 1. The standard InChI is InChI=1S/C21H28N2O4S/c1-17-10-12-18(13-11-17)15-23(28(3,25)26)16-21(24)22-14-6-8-19-7-4-5-9-20(19)27-2/h4-5,7,9-13H,6,8,14-16H2,1-3H3,(H,22,24). The zero-order valence-corrected chi connectivity index (χ0v) is 17.5. The number of sulfonamides is 1. The molecule has 0 aromatic heterocycles. The SMILES string of the molecule is COc1ccccc1CCCNC(=O)CN(Cc1ccc(C)cc1)S(C)(=O)=O. The number of carbonyl (C=O) groups excluding carboxylic acids is 1. The molecule has 1 amide bonds. The van der Waals surface area contributed by atoms with Crippen LogP contribution in [0, 0.1) is 6.92 Å². The van der Waals surface area contributed by atoms with Crippen molar-refractivity contribution in [3.63, 3.8) is 0 Å². The third kappa shape index (κ3) is 6.98. The first kappa shape index (κ1) is 21.9. The van der Waals surface area contributed by atoms with Gasteiger partial charge in [0.15, 0.2) is 0 Å². The number of nitrogens with zero attached hydrogens (tertiary/aromatic N) is 1. The van der Waals surface area contributed by atoms with Crippen molar-refractivity contribution in [2.45, 2.75) is 26.3 Å². The third-order valence-electron chi connectivity index (χ3n) is 4.41. The number of para-hydroxylation sites is 1. The lowest BCUT2D eigenvalue weighted by atomic mass is 10.1. The van der Waals surface area contributed by atoms with Crippen LogP contribution in [-0.2, 0) is 27.8 Å². The molecule has 0 aliphatic heterocycles. The third-order valence-corrected chi connectivity index (χ3v) is 5.60. The highest BCUT2D eigenvalue weighted by molar-refractivity contribution is 7.88. The van der Waals surface area contributed by atoms with Gasteiger partial charge in [0.2, 0.25) is 15.9 Å². The van der Waals surface area contributed by atoms with E-state index in [1.807, 2.05) is 55.5 Å². The van der Waals surface area contributed by atoms with Gasteiger partial charge in [-0.25, -0.2) is 8.42 Å². The molecule has 1 N–H and O–H groups in total. The lowest BCUT2D eigenvalue weighted by Gasteiger charge is -2.19. The fourth-order valence-corrected chi connectivity index (χ4v) is 3.56. The van der Waals surface area contributed by atoms with Gasteiger partial charge in [-0.1, -0.05) is 48.0 Å². The maximum absolute atomic E-state index is 12.2. The van der Waals surface area contributed by atoms with Crippen molar-refractivity contribution in [3.8, 4) is 5.75 Å². The first-order valence-corrected chi connectivity index (χ1v) is 11.0. The van der Waals surface area contributed by atoms with Crippen LogP contribution >= 0.6 is 0 Å². The Labute approximate surface area is 167 Å². The molecule has 7 heteroatoms. The van der Waals surface area contributed by atoms with E-state index in [1.165, 1.54) is 4.31 Å². The second-order valence-corrected chi connectivity index (χ2v) is 8.76. The summed E-state index contributed by atoms with van der Waals surface area (Å²) in [5.74, 6) is 0.521. The van der Waals surface area contributed by atoms with Gasteiger partial charge in [-0.2, -0.15) is 4.31 Å². The van der Waals surface area contributed by atoms with E-state index in [-0.39, 0.29) is 19.0 Å². The molecular formula is C21H28N2O4S. The lowest BCUT2D eigenvalue weighted by molar-refractivity contribution is -0.121. The van der Waals surface area contributed by atoms with Crippen molar-refractivity contribution in [1.29, 1.82) is 0 Å². The van der Waals surface area contributed by atoms with E-state index in [4.69, 9.17) is 4.74 Å². The molecule has 0 radical (unpaired) electrons. The fraction of sp³-hybridized carbons (Fsp3) is 0.381. The molecular weight excluding hydrogens is 376 g/mol. The summed E-state index contributed by atoms with van der Waals surface area (Å²) in [6, 6.07) is 15.4. The molecule has 152 valence electrons. The number of carbonyl (C=O) groups is 1. The molecule has 0 saturated carbocycles. The minimum atomic E-state index is -3.49. The predicted octanol–water partition coefficient (Wildman–Crippen LogP) is 2.51. The van der Waals surface area contributed by atoms with Crippen LogP contribution in [0.3, 0.4) is 0 Å². The second-order valence-electron chi connectivity index (χ2n) is 6.78. The smallest absolute Gasteiger partial charge is 0.235 e. The van der Waals surface area contributed by atoms with Crippen LogP contribution in [0.15, 0.2) is 48.5 Å². The molecule has 0 unspecified atom stereocenters. The van der Waals surface area contributed by atoms with Gasteiger partial charge in [0.25, 0.3) is 0 Å². The van der Waals surface area contributed by atoms with E-state index in [9.17, 15) is 13.2 Å². The van der Waals surface area contributed by atoms with Crippen molar-refractivity contribution >= 4 is 15.9 Å². The molecule has 0 bridgehead atoms. The Morgan fingerprint density at radius 3 is 2.43 bits per heavy atom. The van der Waals surface area contributed by atoms with E-state index >= 15 is 0 Å². The largest absolute Gasteiger partial charge is 0.496 e. The number of ether oxygens (including phenoxy) is 1. The maximum atomic E-state index is 12.2. The number of aryl methyl sites for hydroxylation is 2. The number of methoxy groups -OCH3 is 1. The second kappa shape index (κ2) is 10.2. The quantitative estimate of drug-likeness (QED) is 0.618. The Kier molecular flexibility index (Phi) is 8.02. The van der Waals surface area contributed by atoms with Gasteiger partial charge in [0, 0.05) is 13.1 Å². The Balaban J connectivity index is 1.85. The monoisotopic (exact) mass is 404 g/mol. The molecule has 2 rings (SSSR count). The van der Waals surface area contributed by atoms with Crippen LogP contribution in [0.2, 0.25) is 0 Å². The van der Waals surface area contributed by atoms with Gasteiger partial charge in [-0.15, -0.1) is 0 Å². The summed E-state index contributed by atoms with van der Waals surface area (Å²) < 4.78 is 30.6. The zero-order valence-electron chi connectivity index (χ0n) is 16.6. The molecule has 0 saturated heterocycles. The highest BCUT2D eigenvalue weighted by atomic mass is 32.2. The molecule has 0 aliphatic rings. The molecule has 2 aromatic carbocycles. The minimum absolute atomic E-state index is 0.174. The highest BCUT2D eigenvalue weighted by Crippen LogP contribution is 2.18. The summed E-state index contributed by atoms with van der Waals surface area (Å²) in [5.41, 5.74) is 3.03. The number of hydrogen-bond acceptors (Lipinski definition) is 4. The highest BCUT2D eigenvalue weighted by Gasteiger charge is 2.20. The van der Waals surface area contributed by atoms with Crippen molar-refractivity contribution in [3.05, 3.63) is 65.2 Å². The maximum Gasteiger partial charge on any atom is 0.235 e. The van der Waals surface area contributed by atoms with Gasteiger partial charge in [-0.05, 0) is 37.0 Å². The molecule has 0 fully saturated rings. The van der Waals surface area contributed by atoms with Gasteiger partial charge in [0.1, 0.15) is 5.75 Å². The van der Waals surface area contributed by atoms with E-state index in [2.05, 4.69) is 5.32 Å². The van der Waals surface area contributed by atoms with Gasteiger partial charge in [-0.3, -0.25) is 4.79 Å². The lowest BCUT2D eigenvalue weighted by Crippen LogP contribution is -2.40. The van der Waals surface area contributed by atoms with E-state index < -0.39 is 10.0 Å². The summed E-state index contributed by atoms with van der Waals surface area (Å²) in [5, 5.41) is 2.80. The molecule has 28 heavy (non-hydrogen) atoms. The van der Waals surface area contributed by atoms with Gasteiger partial charge >= 0.3 is 0 Å².